The zero-order valence-electron chi connectivity index (χ0n) is 12.8. The van der Waals surface area contributed by atoms with Crippen LogP contribution >= 0.6 is 11.3 Å². The van der Waals surface area contributed by atoms with Gasteiger partial charge in [-0.3, -0.25) is 4.79 Å². The van der Waals surface area contributed by atoms with E-state index in [0.29, 0.717) is 22.1 Å². The van der Waals surface area contributed by atoms with E-state index in [9.17, 15) is 4.79 Å². The second-order valence-electron chi connectivity index (χ2n) is 4.75. The fraction of sp³-hybridized carbons (Fsp3) is 0.118. The van der Waals surface area contributed by atoms with E-state index in [4.69, 9.17) is 9.47 Å². The largest absolute Gasteiger partial charge is 0.493 e. The van der Waals surface area contributed by atoms with Gasteiger partial charge in [-0.2, -0.15) is 0 Å². The molecular formula is C17H16N2O3S. The smallest absolute Gasteiger partial charge is 0.267 e. The van der Waals surface area contributed by atoms with Crippen molar-refractivity contribution in [2.75, 3.05) is 19.5 Å². The zero-order chi connectivity index (χ0) is 16.2. The highest BCUT2D eigenvalue weighted by Crippen LogP contribution is 2.30. The fourth-order valence-corrected chi connectivity index (χ4v) is 3.06. The van der Waals surface area contributed by atoms with Crippen LogP contribution < -0.4 is 14.8 Å². The number of aromatic nitrogens is 1. The van der Waals surface area contributed by atoms with Gasteiger partial charge in [0, 0.05) is 24.1 Å². The summed E-state index contributed by atoms with van der Waals surface area (Å²) in [7, 11) is 3.14. The molecule has 23 heavy (non-hydrogen) atoms. The quantitative estimate of drug-likeness (QED) is 0.775. The molecule has 1 amide bonds. The van der Waals surface area contributed by atoms with E-state index < -0.39 is 0 Å². The molecule has 3 aromatic rings. The fourth-order valence-electron chi connectivity index (χ4n) is 2.27. The topological polar surface area (TPSA) is 52.5 Å². The van der Waals surface area contributed by atoms with Crippen molar-refractivity contribution < 1.29 is 14.3 Å². The van der Waals surface area contributed by atoms with E-state index in [0.717, 1.165) is 5.69 Å². The number of amides is 1. The summed E-state index contributed by atoms with van der Waals surface area (Å²) in [5.74, 6) is 1.03. The Morgan fingerprint density at radius 1 is 1.09 bits per heavy atom. The van der Waals surface area contributed by atoms with E-state index in [1.54, 1.807) is 32.4 Å². The second-order valence-corrected chi connectivity index (χ2v) is 5.67. The van der Waals surface area contributed by atoms with Crippen LogP contribution in [0.3, 0.4) is 0 Å². The summed E-state index contributed by atoms with van der Waals surface area (Å²) in [5, 5.41) is 4.80. The first kappa shape index (κ1) is 15.2. The molecule has 0 aliphatic heterocycles. The minimum atomic E-state index is -0.157. The molecule has 6 heteroatoms. The number of methoxy groups -OCH3 is 2. The maximum atomic E-state index is 12.6. The molecular weight excluding hydrogens is 312 g/mol. The Bertz CT molecular complexity index is 809. The van der Waals surface area contributed by atoms with E-state index in [1.165, 1.54) is 11.3 Å². The summed E-state index contributed by atoms with van der Waals surface area (Å²) in [6.07, 6.45) is 3.82. The number of carbonyl (C=O) groups is 1. The molecule has 1 aromatic carbocycles. The number of rotatable bonds is 5. The summed E-state index contributed by atoms with van der Waals surface area (Å²) >= 11 is 1.40. The minimum Gasteiger partial charge on any atom is -0.493 e. The average molecular weight is 328 g/mol. The molecule has 0 radical (unpaired) electrons. The van der Waals surface area contributed by atoms with E-state index in [1.807, 2.05) is 40.5 Å². The van der Waals surface area contributed by atoms with Gasteiger partial charge in [0.2, 0.25) is 0 Å². The van der Waals surface area contributed by atoms with Crippen LogP contribution in [0, 0.1) is 0 Å². The Hall–Kier alpha value is -2.73. The average Bonchev–Trinajstić information content (AvgIpc) is 3.25. The lowest BCUT2D eigenvalue weighted by molar-refractivity contribution is 0.103. The number of benzene rings is 1. The van der Waals surface area contributed by atoms with Gasteiger partial charge in [0.15, 0.2) is 11.5 Å². The van der Waals surface area contributed by atoms with Gasteiger partial charge in [0.05, 0.1) is 19.9 Å². The van der Waals surface area contributed by atoms with Crippen LogP contribution in [0.25, 0.3) is 5.69 Å². The summed E-state index contributed by atoms with van der Waals surface area (Å²) in [6.45, 7) is 0. The molecule has 3 rings (SSSR count). The molecule has 0 fully saturated rings. The van der Waals surface area contributed by atoms with Gasteiger partial charge in [-0.15, -0.1) is 11.3 Å². The van der Waals surface area contributed by atoms with Gasteiger partial charge in [-0.1, -0.05) is 0 Å². The number of nitrogens with one attached hydrogen (secondary N) is 1. The number of hydrogen-bond acceptors (Lipinski definition) is 4. The van der Waals surface area contributed by atoms with Gasteiger partial charge in [0.25, 0.3) is 5.91 Å². The molecule has 5 nitrogen and oxygen atoms in total. The molecule has 118 valence electrons. The molecule has 2 aromatic heterocycles. The third kappa shape index (κ3) is 3.07. The standard InChI is InChI=1S/C17H16N2O3S/c1-21-14-6-5-12(11-15(14)22-2)18-17(20)16-13(7-10-23-16)19-8-3-4-9-19/h3-11H,1-2H3,(H,18,20). The lowest BCUT2D eigenvalue weighted by Crippen LogP contribution is -2.12. The van der Waals surface area contributed by atoms with Gasteiger partial charge in [-0.25, -0.2) is 0 Å². The molecule has 2 heterocycles. The van der Waals surface area contributed by atoms with Crippen LogP contribution in [-0.4, -0.2) is 24.7 Å². The maximum Gasteiger partial charge on any atom is 0.267 e. The Balaban J connectivity index is 1.84. The normalized spacial score (nSPS) is 10.3. The monoisotopic (exact) mass is 328 g/mol. The number of ether oxygens (including phenoxy) is 2. The highest BCUT2D eigenvalue weighted by Gasteiger charge is 2.15. The van der Waals surface area contributed by atoms with E-state index in [-0.39, 0.29) is 5.91 Å². The van der Waals surface area contributed by atoms with Crippen LogP contribution in [0.2, 0.25) is 0 Å². The van der Waals surface area contributed by atoms with Gasteiger partial charge in [0.1, 0.15) is 4.88 Å². The summed E-state index contributed by atoms with van der Waals surface area (Å²) in [4.78, 5) is 13.2. The molecule has 0 bridgehead atoms. The Morgan fingerprint density at radius 3 is 2.52 bits per heavy atom. The molecule has 0 saturated carbocycles. The first-order valence-electron chi connectivity index (χ1n) is 6.97. The molecule has 0 unspecified atom stereocenters. The van der Waals surface area contributed by atoms with Crippen LogP contribution in [0.1, 0.15) is 9.67 Å². The van der Waals surface area contributed by atoms with Crippen LogP contribution in [0.4, 0.5) is 5.69 Å². The number of anilines is 1. The lowest BCUT2D eigenvalue weighted by atomic mass is 10.2. The Labute approximate surface area is 138 Å². The van der Waals surface area contributed by atoms with E-state index in [2.05, 4.69) is 5.32 Å². The van der Waals surface area contributed by atoms with Crippen LogP contribution in [0.5, 0.6) is 11.5 Å². The van der Waals surface area contributed by atoms with Crippen LogP contribution in [-0.2, 0) is 0 Å². The van der Waals surface area contributed by atoms with Crippen molar-refractivity contribution in [2.24, 2.45) is 0 Å². The number of hydrogen-bond donors (Lipinski definition) is 1. The lowest BCUT2D eigenvalue weighted by Gasteiger charge is -2.11. The third-order valence-corrected chi connectivity index (χ3v) is 4.28. The summed E-state index contributed by atoms with van der Waals surface area (Å²) < 4.78 is 12.4. The summed E-state index contributed by atoms with van der Waals surface area (Å²) in [5.41, 5.74) is 1.51. The zero-order valence-corrected chi connectivity index (χ0v) is 13.6. The predicted molar refractivity (Wildman–Crippen MR) is 91.1 cm³/mol. The highest BCUT2D eigenvalue weighted by atomic mass is 32.1. The van der Waals surface area contributed by atoms with Gasteiger partial charge >= 0.3 is 0 Å². The van der Waals surface area contributed by atoms with Gasteiger partial charge in [-0.05, 0) is 35.7 Å². The second kappa shape index (κ2) is 6.58. The molecule has 0 saturated heterocycles. The van der Waals surface area contributed by atoms with Crippen molar-refractivity contribution in [1.82, 2.24) is 4.57 Å². The molecule has 0 aliphatic rings. The van der Waals surface area contributed by atoms with Crippen molar-refractivity contribution in [2.45, 2.75) is 0 Å². The molecule has 1 N–H and O–H groups in total. The van der Waals surface area contributed by atoms with Gasteiger partial charge < -0.3 is 19.4 Å². The Kier molecular flexibility index (Phi) is 4.34. The van der Waals surface area contributed by atoms with E-state index >= 15 is 0 Å². The third-order valence-electron chi connectivity index (χ3n) is 3.37. The minimum absolute atomic E-state index is 0.157. The van der Waals surface area contributed by atoms with Crippen molar-refractivity contribution in [3.8, 4) is 17.2 Å². The maximum absolute atomic E-state index is 12.6. The number of carbonyl (C=O) groups excluding carboxylic acids is 1. The summed E-state index contributed by atoms with van der Waals surface area (Å²) in [6, 6.07) is 11.0. The van der Waals surface area contributed by atoms with Crippen molar-refractivity contribution in [1.29, 1.82) is 0 Å². The number of nitrogens with zero attached hydrogens (tertiary/aromatic N) is 1. The van der Waals surface area contributed by atoms with Crippen LogP contribution in [0.15, 0.2) is 54.2 Å². The molecule has 0 spiro atoms. The first-order valence-corrected chi connectivity index (χ1v) is 7.85. The highest BCUT2D eigenvalue weighted by molar-refractivity contribution is 7.12. The first-order chi connectivity index (χ1) is 11.2. The molecule has 0 atom stereocenters. The number of thiophene rings is 1. The van der Waals surface area contributed by atoms with Crippen molar-refractivity contribution in [3.05, 3.63) is 59.0 Å². The molecule has 0 aliphatic carbocycles. The predicted octanol–water partition coefficient (Wildman–Crippen LogP) is 3.81. The SMILES string of the molecule is COc1ccc(NC(=O)c2sccc2-n2cccc2)cc1OC. The van der Waals surface area contributed by atoms with Crippen molar-refractivity contribution in [3.63, 3.8) is 0 Å². The Morgan fingerprint density at radius 2 is 1.83 bits per heavy atom. The van der Waals surface area contributed by atoms with Crippen molar-refractivity contribution >= 4 is 22.9 Å².